The highest BCUT2D eigenvalue weighted by atomic mass is 79.9. The molecule has 0 spiro atoms. The summed E-state index contributed by atoms with van der Waals surface area (Å²) in [5, 5.41) is 9.35. The van der Waals surface area contributed by atoms with Gasteiger partial charge in [-0.1, -0.05) is 0 Å². The minimum atomic E-state index is -0.473. The maximum absolute atomic E-state index is 12.8. The molecule has 1 aromatic rings. The van der Waals surface area contributed by atoms with Crippen LogP contribution in [0.15, 0.2) is 22.0 Å². The summed E-state index contributed by atoms with van der Waals surface area (Å²) in [5.41, 5.74) is 0.386. The summed E-state index contributed by atoms with van der Waals surface area (Å²) in [4.78, 5) is 4.54. The Labute approximate surface area is 86.3 Å². The number of aromatic hydroxyl groups is 1. The number of halogens is 2. The van der Waals surface area contributed by atoms with Crippen LogP contribution < -0.4 is 4.72 Å². The topological polar surface area (TPSA) is 44.6 Å². The summed E-state index contributed by atoms with van der Waals surface area (Å²) >= 11 is 4.32. The predicted octanol–water partition coefficient (Wildman–Crippen LogP) is 2.52. The van der Waals surface area contributed by atoms with Crippen LogP contribution in [0.3, 0.4) is 0 Å². The van der Waals surface area contributed by atoms with E-state index >= 15 is 0 Å². The van der Waals surface area contributed by atoms with Crippen molar-refractivity contribution in [3.63, 3.8) is 0 Å². The molecule has 0 fully saturated rings. The summed E-state index contributed by atoms with van der Waals surface area (Å²) in [5.74, 6) is -0.625. The van der Waals surface area contributed by atoms with E-state index in [1.54, 1.807) is 0 Å². The molecule has 1 aromatic carbocycles. The second-order valence-corrected chi connectivity index (χ2v) is 3.98. The molecule has 13 heavy (non-hydrogen) atoms. The van der Waals surface area contributed by atoms with Gasteiger partial charge in [0.25, 0.3) is 0 Å². The largest absolute Gasteiger partial charge is 0.506 e. The number of amidine groups is 1. The molecule has 68 valence electrons. The highest BCUT2D eigenvalue weighted by molar-refractivity contribution is 9.18. The van der Waals surface area contributed by atoms with Gasteiger partial charge in [-0.15, -0.1) is 0 Å². The number of nitrogens with one attached hydrogen (secondary N) is 1. The first kappa shape index (κ1) is 8.83. The van der Waals surface area contributed by atoms with Crippen LogP contribution >= 0.6 is 27.9 Å². The smallest absolute Gasteiger partial charge is 0.181 e. The molecule has 0 aliphatic carbocycles. The molecule has 0 amide bonds. The van der Waals surface area contributed by atoms with Gasteiger partial charge >= 0.3 is 0 Å². The molecule has 0 atom stereocenters. The van der Waals surface area contributed by atoms with Crippen molar-refractivity contribution in [1.29, 1.82) is 0 Å². The molecule has 1 aliphatic heterocycles. The highest BCUT2D eigenvalue weighted by Gasteiger charge is 2.15. The van der Waals surface area contributed by atoms with Crippen molar-refractivity contribution in [2.75, 3.05) is 0 Å². The van der Waals surface area contributed by atoms with Crippen LogP contribution in [0.1, 0.15) is 0 Å². The number of hydrogen-bond acceptors (Lipinski definition) is 4. The van der Waals surface area contributed by atoms with Crippen molar-refractivity contribution in [2.45, 2.75) is 4.90 Å². The van der Waals surface area contributed by atoms with Crippen molar-refractivity contribution in [1.82, 2.24) is 4.72 Å². The van der Waals surface area contributed by atoms with Gasteiger partial charge in [0.15, 0.2) is 4.74 Å². The molecule has 0 unspecified atom stereocenters. The fraction of sp³-hybridized carbons (Fsp3) is 0. The monoisotopic (exact) mass is 262 g/mol. The number of benzene rings is 1. The Morgan fingerprint density at radius 3 is 3.08 bits per heavy atom. The molecule has 0 radical (unpaired) electrons. The Morgan fingerprint density at radius 2 is 2.31 bits per heavy atom. The molecule has 0 saturated heterocycles. The number of aliphatic imine (C=N–C) groups is 1. The van der Waals surface area contributed by atoms with Crippen molar-refractivity contribution in [2.24, 2.45) is 4.99 Å². The second kappa shape index (κ2) is 3.19. The molecule has 0 bridgehead atoms. The molecule has 0 aromatic heterocycles. The first-order valence-corrected chi connectivity index (χ1v) is 4.97. The Bertz CT molecular complexity index is 396. The molecular weight excluding hydrogens is 259 g/mol. The van der Waals surface area contributed by atoms with E-state index < -0.39 is 5.82 Å². The van der Waals surface area contributed by atoms with Crippen molar-refractivity contribution in [3.8, 4) is 5.75 Å². The van der Waals surface area contributed by atoms with E-state index in [0.29, 0.717) is 15.3 Å². The summed E-state index contributed by atoms with van der Waals surface area (Å²) in [6.45, 7) is 0. The molecule has 2 N–H and O–H groups in total. The lowest BCUT2D eigenvalue weighted by Gasteiger charge is -2.13. The van der Waals surface area contributed by atoms with E-state index in [1.165, 1.54) is 18.0 Å². The van der Waals surface area contributed by atoms with Gasteiger partial charge < -0.3 is 9.83 Å². The summed E-state index contributed by atoms with van der Waals surface area (Å²) in [7, 11) is 0. The number of fused-ring (bicyclic) bond motifs is 1. The quantitative estimate of drug-likeness (QED) is 0.558. The zero-order valence-electron chi connectivity index (χ0n) is 6.21. The minimum absolute atomic E-state index is 0.152. The van der Waals surface area contributed by atoms with E-state index in [1.807, 2.05) is 0 Å². The SMILES string of the molecule is Oc1cc(F)cc2c1N=C(Br)NS2. The lowest BCUT2D eigenvalue weighted by molar-refractivity contribution is 0.468. The zero-order valence-corrected chi connectivity index (χ0v) is 8.62. The number of phenols is 1. The first-order chi connectivity index (χ1) is 6.16. The van der Waals surface area contributed by atoms with Gasteiger partial charge in [-0.3, -0.25) is 0 Å². The third-order valence-corrected chi connectivity index (χ3v) is 2.94. The Kier molecular flexibility index (Phi) is 2.17. The molecule has 1 aliphatic rings. The minimum Gasteiger partial charge on any atom is -0.506 e. The number of rotatable bonds is 0. The molecule has 6 heteroatoms. The predicted molar refractivity (Wildman–Crippen MR) is 53.1 cm³/mol. The molecule has 1 heterocycles. The number of phenolic OH excluding ortho intramolecular Hbond substituents is 1. The van der Waals surface area contributed by atoms with Gasteiger partial charge in [0.2, 0.25) is 0 Å². The maximum atomic E-state index is 12.8. The molecular formula is C7H4BrFN2OS. The van der Waals surface area contributed by atoms with E-state index in [9.17, 15) is 9.50 Å². The zero-order chi connectivity index (χ0) is 9.42. The highest BCUT2D eigenvalue weighted by Crippen LogP contribution is 2.39. The summed E-state index contributed by atoms with van der Waals surface area (Å²) in [6.07, 6.45) is 0. The fourth-order valence-corrected chi connectivity index (χ4v) is 2.05. The first-order valence-electron chi connectivity index (χ1n) is 3.36. The molecule has 3 nitrogen and oxygen atoms in total. The maximum Gasteiger partial charge on any atom is 0.181 e. The van der Waals surface area contributed by atoms with Gasteiger partial charge in [-0.05, 0) is 33.9 Å². The van der Waals surface area contributed by atoms with E-state index in [-0.39, 0.29) is 5.75 Å². The van der Waals surface area contributed by atoms with Crippen LogP contribution in [0.5, 0.6) is 5.75 Å². The Balaban J connectivity index is 2.61. The lowest BCUT2D eigenvalue weighted by atomic mass is 10.3. The van der Waals surface area contributed by atoms with E-state index in [2.05, 4.69) is 25.6 Å². The van der Waals surface area contributed by atoms with Crippen LogP contribution in [-0.2, 0) is 0 Å². The Morgan fingerprint density at radius 1 is 1.54 bits per heavy atom. The molecule has 2 rings (SSSR count). The third-order valence-electron chi connectivity index (χ3n) is 1.47. The average Bonchev–Trinajstić information content (AvgIpc) is 2.06. The van der Waals surface area contributed by atoms with Gasteiger partial charge in [0.1, 0.15) is 17.3 Å². The van der Waals surface area contributed by atoms with Crippen LogP contribution in [-0.4, -0.2) is 9.85 Å². The Hall–Kier alpha value is -0.750. The number of nitrogens with zero attached hydrogens (tertiary/aromatic N) is 1. The van der Waals surface area contributed by atoms with Crippen LogP contribution in [0.2, 0.25) is 0 Å². The lowest BCUT2D eigenvalue weighted by Crippen LogP contribution is -2.11. The van der Waals surface area contributed by atoms with Crippen molar-refractivity contribution < 1.29 is 9.50 Å². The number of hydrogen-bond donors (Lipinski definition) is 2. The third kappa shape index (κ3) is 1.64. The average molecular weight is 263 g/mol. The van der Waals surface area contributed by atoms with Crippen molar-refractivity contribution >= 4 is 38.3 Å². The second-order valence-electron chi connectivity index (χ2n) is 2.38. The normalized spacial score (nSPS) is 14.5. The van der Waals surface area contributed by atoms with Gasteiger partial charge in [-0.2, -0.15) is 0 Å². The summed E-state index contributed by atoms with van der Waals surface area (Å²) < 4.78 is 16.1. The van der Waals surface area contributed by atoms with Crippen LogP contribution in [0.4, 0.5) is 10.1 Å². The van der Waals surface area contributed by atoms with Gasteiger partial charge in [0.05, 0.1) is 4.90 Å². The van der Waals surface area contributed by atoms with Crippen LogP contribution in [0.25, 0.3) is 0 Å². The molecule has 0 saturated carbocycles. The summed E-state index contributed by atoms with van der Waals surface area (Å²) in [6, 6.07) is 2.35. The van der Waals surface area contributed by atoms with E-state index in [4.69, 9.17) is 0 Å². The standard InChI is InChI=1S/C7H4BrFN2OS/c8-7-10-6-4(12)1-3(9)2-5(6)13-11-7/h1-2,12H,(H,10,11). The van der Waals surface area contributed by atoms with Gasteiger partial charge in [-0.25, -0.2) is 9.38 Å². The van der Waals surface area contributed by atoms with E-state index in [0.717, 1.165) is 6.07 Å². The van der Waals surface area contributed by atoms with Crippen molar-refractivity contribution in [3.05, 3.63) is 17.9 Å². The van der Waals surface area contributed by atoms with Crippen LogP contribution in [0, 0.1) is 5.82 Å². The van der Waals surface area contributed by atoms with Gasteiger partial charge in [0, 0.05) is 6.07 Å². The fourth-order valence-electron chi connectivity index (χ4n) is 0.969.